The number of aliphatic carboxylic acids is 1. The molecule has 0 radical (unpaired) electrons. The lowest BCUT2D eigenvalue weighted by Crippen LogP contribution is -2.61. The van der Waals surface area contributed by atoms with E-state index >= 15 is 0 Å². The standard InChI is InChI=1S/C28H51N7O10/c1-8-15(6)22(34-20(38)10-29)27(43)32-18(11-36)25(41)30-16(7)23(39)35-21(14(4)5)26(42)31-17(9-13(2)3)24(40)33-19(12-37)28(44)45/h13-19,21-22,36-37H,8-12,29H2,1-7H3,(H,30,41)(H,31,42)(H,32,43)(H,33,40)(H,34,38)(H,35,39)(H,44,45)/t15-,16-,17-,18-,19-,21-,22-/m0/s1. The first-order valence-electron chi connectivity index (χ1n) is 14.9. The molecular formula is C28H51N7O10. The van der Waals surface area contributed by atoms with Gasteiger partial charge in [-0.05, 0) is 31.1 Å². The maximum atomic E-state index is 13.2. The Morgan fingerprint density at radius 1 is 0.622 bits per heavy atom. The van der Waals surface area contributed by atoms with Crippen LogP contribution in [-0.2, 0) is 33.6 Å². The normalized spacial score (nSPS) is 15.8. The number of rotatable bonds is 20. The van der Waals surface area contributed by atoms with Crippen LogP contribution in [0.25, 0.3) is 0 Å². The zero-order chi connectivity index (χ0) is 35.0. The van der Waals surface area contributed by atoms with Gasteiger partial charge in [0.2, 0.25) is 35.4 Å². The van der Waals surface area contributed by atoms with Crippen molar-refractivity contribution in [2.75, 3.05) is 19.8 Å². The number of aliphatic hydroxyl groups excluding tert-OH is 2. The average molecular weight is 646 g/mol. The van der Waals surface area contributed by atoms with Gasteiger partial charge in [0.25, 0.3) is 0 Å². The van der Waals surface area contributed by atoms with Gasteiger partial charge in [-0.25, -0.2) is 4.79 Å². The SMILES string of the molecule is CC[C@H](C)[C@H](NC(=O)CN)C(=O)N[C@@H](CO)C(=O)N[C@@H](C)C(=O)N[C@H](C(=O)N[C@@H](CC(C)C)C(=O)N[C@@H](CO)C(=O)O)C(C)C. The van der Waals surface area contributed by atoms with E-state index in [2.05, 4.69) is 31.9 Å². The topological polar surface area (TPSA) is 278 Å². The summed E-state index contributed by atoms with van der Waals surface area (Å²) in [6, 6.07) is -7.67. The molecule has 0 aromatic heterocycles. The second-order valence-electron chi connectivity index (χ2n) is 11.6. The molecule has 258 valence electrons. The molecule has 0 aromatic rings. The third-order valence-corrected chi connectivity index (χ3v) is 6.95. The van der Waals surface area contributed by atoms with Crippen LogP contribution >= 0.6 is 0 Å². The Kier molecular flexibility index (Phi) is 18.5. The highest BCUT2D eigenvalue weighted by Gasteiger charge is 2.34. The van der Waals surface area contributed by atoms with E-state index in [0.717, 1.165) is 0 Å². The van der Waals surface area contributed by atoms with Gasteiger partial charge in [-0.15, -0.1) is 0 Å². The van der Waals surface area contributed by atoms with Gasteiger partial charge >= 0.3 is 5.97 Å². The fourth-order valence-electron chi connectivity index (χ4n) is 4.00. The van der Waals surface area contributed by atoms with Crippen molar-refractivity contribution < 1.29 is 48.9 Å². The molecule has 0 saturated heterocycles. The van der Waals surface area contributed by atoms with Crippen LogP contribution in [0.2, 0.25) is 0 Å². The maximum Gasteiger partial charge on any atom is 0.328 e. The predicted octanol–water partition coefficient (Wildman–Crippen LogP) is -3.31. The Morgan fingerprint density at radius 2 is 1.11 bits per heavy atom. The van der Waals surface area contributed by atoms with Gasteiger partial charge in [0.1, 0.15) is 36.3 Å². The van der Waals surface area contributed by atoms with Crippen molar-refractivity contribution in [3.05, 3.63) is 0 Å². The molecule has 0 aliphatic carbocycles. The molecule has 17 nitrogen and oxygen atoms in total. The summed E-state index contributed by atoms with van der Waals surface area (Å²) >= 11 is 0. The molecule has 0 aliphatic rings. The minimum absolute atomic E-state index is 0.0989. The van der Waals surface area contributed by atoms with E-state index < -0.39 is 96.8 Å². The first kappa shape index (κ1) is 41.2. The van der Waals surface area contributed by atoms with Crippen molar-refractivity contribution in [1.82, 2.24) is 31.9 Å². The summed E-state index contributed by atoms with van der Waals surface area (Å²) in [5, 5.41) is 42.6. The maximum absolute atomic E-state index is 13.2. The molecule has 0 bridgehead atoms. The summed E-state index contributed by atoms with van der Waals surface area (Å²) in [7, 11) is 0. The largest absolute Gasteiger partial charge is 0.480 e. The van der Waals surface area contributed by atoms with Gasteiger partial charge in [-0.2, -0.15) is 0 Å². The zero-order valence-electron chi connectivity index (χ0n) is 27.0. The van der Waals surface area contributed by atoms with Crippen LogP contribution in [-0.4, -0.2) is 113 Å². The fraction of sp³-hybridized carbons (Fsp3) is 0.750. The van der Waals surface area contributed by atoms with Gasteiger partial charge in [-0.1, -0.05) is 48.0 Å². The van der Waals surface area contributed by atoms with Crippen molar-refractivity contribution in [3.8, 4) is 0 Å². The second-order valence-corrected chi connectivity index (χ2v) is 11.6. The first-order valence-corrected chi connectivity index (χ1v) is 14.9. The highest BCUT2D eigenvalue weighted by Crippen LogP contribution is 2.10. The van der Waals surface area contributed by atoms with E-state index in [1.54, 1.807) is 41.5 Å². The van der Waals surface area contributed by atoms with Gasteiger partial charge in [0, 0.05) is 0 Å². The first-order chi connectivity index (χ1) is 20.9. The van der Waals surface area contributed by atoms with E-state index in [1.807, 2.05) is 0 Å². The predicted molar refractivity (Wildman–Crippen MR) is 162 cm³/mol. The molecule has 0 spiro atoms. The molecule has 6 amide bonds. The van der Waals surface area contributed by atoms with E-state index in [0.29, 0.717) is 6.42 Å². The second kappa shape index (κ2) is 20.2. The number of carboxylic acids is 1. The van der Waals surface area contributed by atoms with Crippen molar-refractivity contribution in [2.24, 2.45) is 23.5 Å². The Balaban J connectivity index is 5.58. The highest BCUT2D eigenvalue weighted by molar-refractivity contribution is 5.96. The van der Waals surface area contributed by atoms with Crippen molar-refractivity contribution in [1.29, 1.82) is 0 Å². The summed E-state index contributed by atoms with van der Waals surface area (Å²) in [6.45, 7) is 9.61. The number of carboxylic acid groups (broad SMARTS) is 1. The Hall–Kier alpha value is -3.83. The molecule has 0 unspecified atom stereocenters. The van der Waals surface area contributed by atoms with Crippen molar-refractivity contribution >= 4 is 41.4 Å². The Morgan fingerprint density at radius 3 is 1.56 bits per heavy atom. The number of nitrogens with one attached hydrogen (secondary N) is 6. The number of hydrogen-bond acceptors (Lipinski definition) is 10. The molecule has 0 aliphatic heterocycles. The van der Waals surface area contributed by atoms with E-state index in [4.69, 9.17) is 10.8 Å². The molecule has 0 fully saturated rings. The van der Waals surface area contributed by atoms with Crippen LogP contribution in [0.15, 0.2) is 0 Å². The van der Waals surface area contributed by atoms with Crippen LogP contribution in [0.4, 0.5) is 0 Å². The number of aliphatic hydroxyl groups is 2. The van der Waals surface area contributed by atoms with Crippen molar-refractivity contribution in [3.63, 3.8) is 0 Å². The third-order valence-electron chi connectivity index (χ3n) is 6.95. The molecule has 0 saturated carbocycles. The van der Waals surface area contributed by atoms with Gasteiger partial charge in [-0.3, -0.25) is 28.8 Å². The number of carbonyl (C=O) groups is 7. The monoisotopic (exact) mass is 645 g/mol. The molecule has 45 heavy (non-hydrogen) atoms. The zero-order valence-corrected chi connectivity index (χ0v) is 27.0. The molecular weight excluding hydrogens is 594 g/mol. The third kappa shape index (κ3) is 14.2. The van der Waals surface area contributed by atoms with Crippen molar-refractivity contribution in [2.45, 2.75) is 97.6 Å². The molecule has 11 N–H and O–H groups in total. The van der Waals surface area contributed by atoms with Gasteiger partial charge < -0.3 is 53.0 Å². The van der Waals surface area contributed by atoms with E-state index in [1.165, 1.54) is 6.92 Å². The van der Waals surface area contributed by atoms with Crippen LogP contribution in [0.5, 0.6) is 0 Å². The fourth-order valence-corrected chi connectivity index (χ4v) is 4.00. The quantitative estimate of drug-likeness (QED) is 0.0626. The number of amides is 6. The van der Waals surface area contributed by atoms with E-state index in [-0.39, 0.29) is 24.8 Å². The smallest absolute Gasteiger partial charge is 0.328 e. The lowest BCUT2D eigenvalue weighted by atomic mass is 9.98. The van der Waals surface area contributed by atoms with Crippen LogP contribution in [0.3, 0.4) is 0 Å². The van der Waals surface area contributed by atoms with Gasteiger partial charge in [0.05, 0.1) is 19.8 Å². The molecule has 0 rings (SSSR count). The minimum Gasteiger partial charge on any atom is -0.480 e. The number of hydrogen-bond donors (Lipinski definition) is 10. The van der Waals surface area contributed by atoms with E-state index in [9.17, 15) is 43.8 Å². The summed E-state index contributed by atoms with van der Waals surface area (Å²) < 4.78 is 0. The molecule has 17 heteroatoms. The van der Waals surface area contributed by atoms with Crippen LogP contribution in [0, 0.1) is 17.8 Å². The lowest BCUT2D eigenvalue weighted by Gasteiger charge is -2.28. The highest BCUT2D eigenvalue weighted by atomic mass is 16.4. The number of nitrogens with two attached hydrogens (primary N) is 1. The van der Waals surface area contributed by atoms with Crippen LogP contribution in [0.1, 0.15) is 61.3 Å². The molecule has 7 atom stereocenters. The van der Waals surface area contributed by atoms with Crippen LogP contribution < -0.4 is 37.6 Å². The summed E-state index contributed by atoms with van der Waals surface area (Å²) in [5.41, 5.74) is 5.32. The average Bonchev–Trinajstić information content (AvgIpc) is 2.97. The molecule has 0 heterocycles. The summed E-state index contributed by atoms with van der Waals surface area (Å²) in [4.78, 5) is 87.6. The Labute approximate surface area is 263 Å². The number of carbonyl (C=O) groups excluding carboxylic acids is 6. The lowest BCUT2D eigenvalue weighted by molar-refractivity contribution is -0.143. The summed E-state index contributed by atoms with van der Waals surface area (Å²) in [5.74, 6) is -6.96. The summed E-state index contributed by atoms with van der Waals surface area (Å²) in [6.07, 6.45) is 0.637. The minimum atomic E-state index is -1.58. The molecule has 0 aromatic carbocycles. The van der Waals surface area contributed by atoms with Gasteiger partial charge in [0.15, 0.2) is 0 Å². The Bertz CT molecular complexity index is 1040.